The first kappa shape index (κ1) is 17.4. The number of nitrogens with one attached hydrogen (secondary N) is 1. The summed E-state index contributed by atoms with van der Waals surface area (Å²) in [7, 11) is 0. The number of carbonyl (C=O) groups is 1. The Morgan fingerprint density at radius 2 is 1.90 bits per heavy atom. The molecule has 1 rings (SSSR count). The Morgan fingerprint density at radius 3 is 2.33 bits per heavy atom. The van der Waals surface area contributed by atoms with E-state index >= 15 is 0 Å². The van der Waals surface area contributed by atoms with Crippen LogP contribution in [0, 0.1) is 11.6 Å². The van der Waals surface area contributed by atoms with E-state index in [4.69, 9.17) is 10.5 Å². The van der Waals surface area contributed by atoms with Gasteiger partial charge in [0.25, 0.3) is 5.91 Å². The van der Waals surface area contributed by atoms with E-state index in [-0.39, 0.29) is 6.54 Å². The number of benzene rings is 1. The summed E-state index contributed by atoms with van der Waals surface area (Å²) in [5, 5.41) is 2.76. The van der Waals surface area contributed by atoms with Gasteiger partial charge in [-0.1, -0.05) is 6.92 Å². The van der Waals surface area contributed by atoms with E-state index in [9.17, 15) is 13.6 Å². The molecule has 0 radical (unpaired) electrons. The predicted molar refractivity (Wildman–Crippen MR) is 76.9 cm³/mol. The highest BCUT2D eigenvalue weighted by molar-refractivity contribution is 5.81. The zero-order valence-corrected chi connectivity index (χ0v) is 12.8. The van der Waals surface area contributed by atoms with E-state index in [2.05, 4.69) is 5.32 Å². The van der Waals surface area contributed by atoms with Crippen molar-refractivity contribution in [2.45, 2.75) is 52.3 Å². The van der Waals surface area contributed by atoms with Gasteiger partial charge in [-0.25, -0.2) is 8.78 Å². The van der Waals surface area contributed by atoms with Crippen molar-refractivity contribution in [3.05, 3.63) is 29.3 Å². The lowest BCUT2D eigenvalue weighted by Crippen LogP contribution is -2.48. The molecule has 0 aliphatic carbocycles. The van der Waals surface area contributed by atoms with Crippen molar-refractivity contribution < 1.29 is 18.3 Å². The maximum Gasteiger partial charge on any atom is 0.261 e. The number of carbonyl (C=O) groups excluding carboxylic acids is 1. The van der Waals surface area contributed by atoms with Gasteiger partial charge in [0.1, 0.15) is 0 Å². The van der Waals surface area contributed by atoms with Gasteiger partial charge in [-0.2, -0.15) is 0 Å². The molecule has 0 fully saturated rings. The highest BCUT2D eigenvalue weighted by Gasteiger charge is 2.25. The summed E-state index contributed by atoms with van der Waals surface area (Å²) in [6.07, 6.45) is -0.289. The zero-order valence-electron chi connectivity index (χ0n) is 12.8. The van der Waals surface area contributed by atoms with Crippen LogP contribution in [0.25, 0.3) is 0 Å². The lowest BCUT2D eigenvalue weighted by atomic mass is 10.0. The predicted octanol–water partition coefficient (Wildman–Crippen LogP) is 2.50. The molecule has 0 saturated carbocycles. The van der Waals surface area contributed by atoms with Gasteiger partial charge in [-0.05, 0) is 44.9 Å². The SMILES string of the molecule is CCC(C)(C)NC(=O)C(C)Oc1c(F)cc(CN)cc1F. The molecule has 6 heteroatoms. The minimum Gasteiger partial charge on any atom is -0.475 e. The molecule has 0 heterocycles. The van der Waals surface area contributed by atoms with Crippen molar-refractivity contribution in [3.63, 3.8) is 0 Å². The number of rotatable bonds is 6. The molecule has 0 bridgehead atoms. The quantitative estimate of drug-likeness (QED) is 0.848. The van der Waals surface area contributed by atoms with E-state index in [0.717, 1.165) is 18.6 Å². The van der Waals surface area contributed by atoms with Crippen LogP contribution in [-0.2, 0) is 11.3 Å². The maximum atomic E-state index is 13.8. The van der Waals surface area contributed by atoms with Gasteiger partial charge in [-0.3, -0.25) is 4.79 Å². The number of halogens is 2. The summed E-state index contributed by atoms with van der Waals surface area (Å²) in [4.78, 5) is 12.0. The van der Waals surface area contributed by atoms with Crippen LogP contribution in [-0.4, -0.2) is 17.6 Å². The van der Waals surface area contributed by atoms with Gasteiger partial charge in [0.2, 0.25) is 0 Å². The molecule has 1 amide bonds. The number of hydrogen-bond donors (Lipinski definition) is 2. The molecule has 4 nitrogen and oxygen atoms in total. The van der Waals surface area contributed by atoms with Gasteiger partial charge >= 0.3 is 0 Å². The van der Waals surface area contributed by atoms with Crippen LogP contribution in [0.1, 0.15) is 39.7 Å². The molecule has 1 unspecified atom stereocenters. The summed E-state index contributed by atoms with van der Waals surface area (Å²) in [5.74, 6) is -2.73. The second kappa shape index (κ2) is 6.85. The van der Waals surface area contributed by atoms with Gasteiger partial charge in [0, 0.05) is 12.1 Å². The van der Waals surface area contributed by atoms with Crippen LogP contribution in [0.2, 0.25) is 0 Å². The molecule has 1 aromatic carbocycles. The van der Waals surface area contributed by atoms with Gasteiger partial charge in [-0.15, -0.1) is 0 Å². The number of nitrogens with two attached hydrogens (primary N) is 1. The molecule has 3 N–H and O–H groups in total. The fraction of sp³-hybridized carbons (Fsp3) is 0.533. The Morgan fingerprint density at radius 1 is 1.38 bits per heavy atom. The molecule has 21 heavy (non-hydrogen) atoms. The first-order chi connectivity index (χ1) is 9.70. The average Bonchev–Trinajstić information content (AvgIpc) is 2.41. The molecule has 0 aliphatic heterocycles. The molecular formula is C15H22F2N2O2. The third-order valence-electron chi connectivity index (χ3n) is 3.30. The minimum atomic E-state index is -1.01. The first-order valence-electron chi connectivity index (χ1n) is 6.87. The Bertz CT molecular complexity index is 495. The topological polar surface area (TPSA) is 64.3 Å². The van der Waals surface area contributed by atoms with Crippen LogP contribution in [0.5, 0.6) is 5.75 Å². The Kier molecular flexibility index (Phi) is 5.66. The molecule has 0 spiro atoms. The summed E-state index contributed by atoms with van der Waals surface area (Å²) in [6, 6.07) is 2.19. The van der Waals surface area contributed by atoms with E-state index < -0.39 is 34.9 Å². The largest absolute Gasteiger partial charge is 0.475 e. The van der Waals surface area contributed by atoms with Gasteiger partial charge in [0.15, 0.2) is 23.5 Å². The van der Waals surface area contributed by atoms with E-state index in [1.54, 1.807) is 0 Å². The highest BCUT2D eigenvalue weighted by Crippen LogP contribution is 2.24. The highest BCUT2D eigenvalue weighted by atomic mass is 19.1. The van der Waals surface area contributed by atoms with Crippen molar-refractivity contribution in [3.8, 4) is 5.75 Å². The van der Waals surface area contributed by atoms with Crippen LogP contribution < -0.4 is 15.8 Å². The van der Waals surface area contributed by atoms with E-state index in [1.807, 2.05) is 20.8 Å². The summed E-state index contributed by atoms with van der Waals surface area (Å²) in [6.45, 7) is 7.10. The van der Waals surface area contributed by atoms with Crippen molar-refractivity contribution in [2.75, 3.05) is 0 Å². The second-order valence-electron chi connectivity index (χ2n) is 5.58. The molecule has 1 atom stereocenters. The maximum absolute atomic E-state index is 13.8. The monoisotopic (exact) mass is 300 g/mol. The molecule has 0 aliphatic rings. The number of amides is 1. The van der Waals surface area contributed by atoms with Gasteiger partial charge < -0.3 is 15.8 Å². The van der Waals surface area contributed by atoms with Crippen molar-refractivity contribution in [1.82, 2.24) is 5.32 Å². The summed E-state index contributed by atoms with van der Waals surface area (Å²) < 4.78 is 32.7. The van der Waals surface area contributed by atoms with Crippen LogP contribution >= 0.6 is 0 Å². The normalized spacial score (nSPS) is 12.9. The van der Waals surface area contributed by atoms with E-state index in [1.165, 1.54) is 6.92 Å². The third kappa shape index (κ3) is 4.67. The summed E-state index contributed by atoms with van der Waals surface area (Å²) in [5.41, 5.74) is 5.25. The minimum absolute atomic E-state index is 0.0227. The van der Waals surface area contributed by atoms with Crippen LogP contribution in [0.3, 0.4) is 0 Å². The van der Waals surface area contributed by atoms with Crippen LogP contribution in [0.4, 0.5) is 8.78 Å². The van der Waals surface area contributed by atoms with E-state index in [0.29, 0.717) is 5.56 Å². The average molecular weight is 300 g/mol. The lowest BCUT2D eigenvalue weighted by molar-refractivity contribution is -0.129. The third-order valence-corrected chi connectivity index (χ3v) is 3.30. The van der Waals surface area contributed by atoms with Crippen molar-refractivity contribution in [2.24, 2.45) is 5.73 Å². The number of ether oxygens (including phenoxy) is 1. The Hall–Kier alpha value is -1.69. The van der Waals surface area contributed by atoms with Crippen molar-refractivity contribution in [1.29, 1.82) is 0 Å². The molecule has 1 aromatic rings. The van der Waals surface area contributed by atoms with Crippen LogP contribution in [0.15, 0.2) is 12.1 Å². The fourth-order valence-corrected chi connectivity index (χ4v) is 1.60. The Labute approximate surface area is 123 Å². The second-order valence-corrected chi connectivity index (χ2v) is 5.58. The van der Waals surface area contributed by atoms with Gasteiger partial charge in [0.05, 0.1) is 0 Å². The first-order valence-corrected chi connectivity index (χ1v) is 6.87. The zero-order chi connectivity index (χ0) is 16.2. The standard InChI is InChI=1S/C15H22F2N2O2/c1-5-15(3,4)19-14(20)9(2)21-13-11(16)6-10(8-18)7-12(13)17/h6-7,9H,5,8,18H2,1-4H3,(H,19,20). The summed E-state index contributed by atoms with van der Waals surface area (Å²) >= 11 is 0. The fourth-order valence-electron chi connectivity index (χ4n) is 1.60. The molecule has 0 aromatic heterocycles. The molecular weight excluding hydrogens is 278 g/mol. The van der Waals surface area contributed by atoms with Crippen molar-refractivity contribution >= 4 is 5.91 Å². The number of hydrogen-bond acceptors (Lipinski definition) is 3. The lowest BCUT2D eigenvalue weighted by Gasteiger charge is -2.26. The smallest absolute Gasteiger partial charge is 0.261 e. The molecule has 0 saturated heterocycles. The molecule has 118 valence electrons. The Balaban J connectivity index is 2.84.